The maximum atomic E-state index is 13.2. The van der Waals surface area contributed by atoms with Crippen molar-refractivity contribution in [2.45, 2.75) is 51.5 Å². The van der Waals surface area contributed by atoms with Gasteiger partial charge in [0.2, 0.25) is 11.8 Å². The van der Waals surface area contributed by atoms with E-state index in [-0.39, 0.29) is 17.9 Å². The number of ether oxygens (including phenoxy) is 1. The lowest BCUT2D eigenvalue weighted by atomic mass is 10.1. The van der Waals surface area contributed by atoms with Crippen LogP contribution in [0.5, 0.6) is 0 Å². The highest BCUT2D eigenvalue weighted by molar-refractivity contribution is 5.95. The van der Waals surface area contributed by atoms with Crippen LogP contribution in [0.3, 0.4) is 0 Å². The van der Waals surface area contributed by atoms with Gasteiger partial charge in [-0.1, -0.05) is 13.8 Å². The van der Waals surface area contributed by atoms with Gasteiger partial charge >= 0.3 is 0 Å². The maximum Gasteiger partial charge on any atom is 0.256 e. The van der Waals surface area contributed by atoms with Crippen molar-refractivity contribution in [3.05, 3.63) is 40.9 Å². The van der Waals surface area contributed by atoms with Gasteiger partial charge in [0, 0.05) is 24.1 Å². The number of carbonyl (C=O) groups excluding carboxylic acids is 1. The maximum absolute atomic E-state index is 13.2. The molecule has 0 spiro atoms. The van der Waals surface area contributed by atoms with Crippen LogP contribution in [0.2, 0.25) is 0 Å². The van der Waals surface area contributed by atoms with E-state index in [9.17, 15) is 4.79 Å². The van der Waals surface area contributed by atoms with Gasteiger partial charge in [0.05, 0.1) is 24.5 Å². The van der Waals surface area contributed by atoms with Crippen molar-refractivity contribution in [1.82, 2.24) is 20.1 Å². The average molecular weight is 356 g/mol. The lowest BCUT2D eigenvalue weighted by Gasteiger charge is -2.33. The Bertz CT molecular complexity index is 813. The fraction of sp³-hybridized carbons (Fsp3) is 0.579. The molecule has 1 atom stereocenters. The zero-order chi connectivity index (χ0) is 18.3. The summed E-state index contributed by atoms with van der Waals surface area (Å²) in [7, 11) is 0. The SMILES string of the molecule is Cc1nc(C2CC2)ccc1C(=O)N1CCOCC1c1nnc(C(C)C)o1. The molecule has 3 heterocycles. The van der Waals surface area contributed by atoms with E-state index >= 15 is 0 Å². The van der Waals surface area contributed by atoms with E-state index in [1.807, 2.05) is 32.9 Å². The molecule has 2 aromatic heterocycles. The summed E-state index contributed by atoms with van der Waals surface area (Å²) in [6, 6.07) is 3.52. The largest absolute Gasteiger partial charge is 0.423 e. The van der Waals surface area contributed by atoms with Crippen molar-refractivity contribution < 1.29 is 13.9 Å². The van der Waals surface area contributed by atoms with Crippen molar-refractivity contribution in [3.8, 4) is 0 Å². The highest BCUT2D eigenvalue weighted by Gasteiger charge is 2.34. The Morgan fingerprint density at radius 3 is 2.73 bits per heavy atom. The number of aromatic nitrogens is 3. The van der Waals surface area contributed by atoms with Gasteiger partial charge in [0.25, 0.3) is 5.91 Å². The van der Waals surface area contributed by atoms with Gasteiger partial charge in [-0.15, -0.1) is 10.2 Å². The molecule has 0 bridgehead atoms. The summed E-state index contributed by atoms with van der Waals surface area (Å²) in [6.45, 7) is 7.24. The van der Waals surface area contributed by atoms with Gasteiger partial charge in [-0.25, -0.2) is 0 Å². The number of carbonyl (C=O) groups is 1. The highest BCUT2D eigenvalue weighted by atomic mass is 16.5. The zero-order valence-corrected chi connectivity index (χ0v) is 15.4. The smallest absolute Gasteiger partial charge is 0.256 e. The second-order valence-electron chi connectivity index (χ2n) is 7.37. The molecular formula is C19H24N4O3. The molecule has 0 aromatic carbocycles. The molecule has 1 amide bonds. The standard InChI is InChI=1S/C19H24N4O3/c1-11(2)17-21-22-18(26-17)16-10-25-9-8-23(16)19(24)14-6-7-15(13-4-5-13)20-12(14)3/h6-7,11,13,16H,4-5,8-10H2,1-3H3. The Kier molecular flexibility index (Phi) is 4.48. The monoisotopic (exact) mass is 356 g/mol. The number of rotatable bonds is 4. The summed E-state index contributed by atoms with van der Waals surface area (Å²) in [4.78, 5) is 19.6. The molecule has 26 heavy (non-hydrogen) atoms. The van der Waals surface area contributed by atoms with Gasteiger partial charge in [-0.3, -0.25) is 9.78 Å². The predicted molar refractivity (Wildman–Crippen MR) is 93.9 cm³/mol. The second-order valence-corrected chi connectivity index (χ2v) is 7.37. The second kappa shape index (κ2) is 6.79. The molecule has 1 saturated heterocycles. The Labute approximate surface area is 152 Å². The molecule has 2 fully saturated rings. The van der Waals surface area contributed by atoms with E-state index < -0.39 is 0 Å². The van der Waals surface area contributed by atoms with Crippen LogP contribution >= 0.6 is 0 Å². The van der Waals surface area contributed by atoms with E-state index in [0.717, 1.165) is 11.4 Å². The van der Waals surface area contributed by atoms with Gasteiger partial charge in [0.15, 0.2) is 0 Å². The minimum Gasteiger partial charge on any atom is -0.423 e. The molecule has 1 saturated carbocycles. The topological polar surface area (TPSA) is 81.4 Å². The van der Waals surface area contributed by atoms with Crippen molar-refractivity contribution >= 4 is 5.91 Å². The lowest BCUT2D eigenvalue weighted by Crippen LogP contribution is -2.43. The van der Waals surface area contributed by atoms with E-state index in [1.165, 1.54) is 12.8 Å². The number of morpholine rings is 1. The molecule has 2 aromatic rings. The number of pyridine rings is 1. The van der Waals surface area contributed by atoms with Crippen molar-refractivity contribution in [2.24, 2.45) is 0 Å². The quantitative estimate of drug-likeness (QED) is 0.838. The Hall–Kier alpha value is -2.28. The van der Waals surface area contributed by atoms with Crippen molar-refractivity contribution in [2.75, 3.05) is 19.8 Å². The first-order valence-corrected chi connectivity index (χ1v) is 9.24. The first-order chi connectivity index (χ1) is 12.5. The van der Waals surface area contributed by atoms with Gasteiger partial charge in [0.1, 0.15) is 6.04 Å². The third-order valence-electron chi connectivity index (χ3n) is 4.96. The molecule has 1 aliphatic heterocycles. The summed E-state index contributed by atoms with van der Waals surface area (Å²) >= 11 is 0. The van der Waals surface area contributed by atoms with Crippen LogP contribution < -0.4 is 0 Å². The van der Waals surface area contributed by atoms with Crippen LogP contribution in [0.4, 0.5) is 0 Å². The normalized spacial score (nSPS) is 20.6. The van der Waals surface area contributed by atoms with E-state index in [4.69, 9.17) is 9.15 Å². The summed E-state index contributed by atoms with van der Waals surface area (Å²) < 4.78 is 11.4. The number of nitrogens with zero attached hydrogens (tertiary/aromatic N) is 4. The molecule has 4 rings (SSSR count). The van der Waals surface area contributed by atoms with Crippen molar-refractivity contribution in [1.29, 1.82) is 0 Å². The highest BCUT2D eigenvalue weighted by Crippen LogP contribution is 2.39. The average Bonchev–Trinajstić information content (AvgIpc) is 3.37. The van der Waals surface area contributed by atoms with Crippen LogP contribution in [-0.2, 0) is 4.74 Å². The summed E-state index contributed by atoms with van der Waals surface area (Å²) in [5.74, 6) is 1.66. The van der Waals surface area contributed by atoms with Crippen LogP contribution in [0.25, 0.3) is 0 Å². The predicted octanol–water partition coefficient (Wildman–Crippen LogP) is 2.99. The molecule has 0 radical (unpaired) electrons. The minimum absolute atomic E-state index is 0.0602. The summed E-state index contributed by atoms with van der Waals surface area (Å²) in [5.41, 5.74) is 2.50. The summed E-state index contributed by atoms with van der Waals surface area (Å²) in [5, 5.41) is 8.24. The molecule has 138 valence electrons. The van der Waals surface area contributed by atoms with Gasteiger partial charge in [-0.05, 0) is 31.9 Å². The summed E-state index contributed by atoms with van der Waals surface area (Å²) in [6.07, 6.45) is 2.39. The number of aryl methyl sites for hydroxylation is 1. The van der Waals surface area contributed by atoms with Crippen LogP contribution in [0.15, 0.2) is 16.5 Å². The van der Waals surface area contributed by atoms with E-state index in [2.05, 4.69) is 15.2 Å². The van der Waals surface area contributed by atoms with E-state index in [0.29, 0.717) is 43.0 Å². The zero-order valence-electron chi connectivity index (χ0n) is 15.4. The molecule has 1 aliphatic carbocycles. The fourth-order valence-electron chi connectivity index (χ4n) is 3.23. The first kappa shape index (κ1) is 17.1. The minimum atomic E-state index is -0.362. The van der Waals surface area contributed by atoms with E-state index in [1.54, 1.807) is 4.90 Å². The Balaban J connectivity index is 1.60. The number of hydrogen-bond donors (Lipinski definition) is 0. The molecule has 7 heteroatoms. The molecule has 7 nitrogen and oxygen atoms in total. The Morgan fingerprint density at radius 1 is 1.27 bits per heavy atom. The first-order valence-electron chi connectivity index (χ1n) is 9.24. The van der Waals surface area contributed by atoms with Gasteiger partial charge in [-0.2, -0.15) is 0 Å². The third kappa shape index (κ3) is 3.23. The molecule has 1 unspecified atom stereocenters. The third-order valence-corrected chi connectivity index (χ3v) is 4.96. The van der Waals surface area contributed by atoms with Crippen LogP contribution in [-0.4, -0.2) is 45.7 Å². The molecule has 2 aliphatic rings. The Morgan fingerprint density at radius 2 is 2.08 bits per heavy atom. The molecule has 0 N–H and O–H groups in total. The van der Waals surface area contributed by atoms with Gasteiger partial charge < -0.3 is 14.1 Å². The lowest BCUT2D eigenvalue weighted by molar-refractivity contribution is -0.0108. The van der Waals surface area contributed by atoms with Crippen molar-refractivity contribution in [3.63, 3.8) is 0 Å². The van der Waals surface area contributed by atoms with Crippen LogP contribution in [0.1, 0.15) is 78.1 Å². The molecular weight excluding hydrogens is 332 g/mol. The van der Waals surface area contributed by atoms with Crippen LogP contribution in [0, 0.1) is 6.92 Å². The number of hydrogen-bond acceptors (Lipinski definition) is 6. The fourth-order valence-corrected chi connectivity index (χ4v) is 3.23. The number of amides is 1.